The number of hydrazine groups is 1. The smallest absolute Gasteiger partial charge is 0.282 e. The molecule has 0 unspecified atom stereocenters. The zero-order valence-electron chi connectivity index (χ0n) is 15.9. The lowest BCUT2D eigenvalue weighted by molar-refractivity contribution is -0.117. The van der Waals surface area contributed by atoms with E-state index in [1.54, 1.807) is 60.7 Å². The second kappa shape index (κ2) is 8.33. The third kappa shape index (κ3) is 3.91. The van der Waals surface area contributed by atoms with Crippen molar-refractivity contribution in [2.45, 2.75) is 6.61 Å². The molecule has 0 aliphatic carbocycles. The summed E-state index contributed by atoms with van der Waals surface area (Å²) in [4.78, 5) is 25.0. The summed E-state index contributed by atoms with van der Waals surface area (Å²) in [6.07, 6.45) is 1.54. The highest BCUT2D eigenvalue weighted by molar-refractivity contribution is 6.31. The average molecular weight is 395 g/mol. The largest absolute Gasteiger partial charge is 0.489 e. The number of para-hydroxylation sites is 1. The standard InChI is InChI=1S/C24H17N3O3/c25-15-18-8-4-5-9-19(18)16-30-21-12-6-7-17(13-21)14-22-23(28)26-27(24(22)29)20-10-2-1-3-11-20/h1-14H,16H2,(H,26,28)/b22-14-. The van der Waals surface area contributed by atoms with Gasteiger partial charge in [0.2, 0.25) is 0 Å². The number of carbonyl (C=O) groups is 2. The molecule has 0 radical (unpaired) electrons. The predicted octanol–water partition coefficient (Wildman–Crippen LogP) is 3.60. The Morgan fingerprint density at radius 1 is 0.967 bits per heavy atom. The maximum atomic E-state index is 12.7. The molecule has 0 spiro atoms. The Hall–Kier alpha value is -4.37. The molecule has 146 valence electrons. The third-order valence-electron chi connectivity index (χ3n) is 4.61. The molecule has 3 aromatic carbocycles. The van der Waals surface area contributed by atoms with E-state index in [-0.39, 0.29) is 12.2 Å². The minimum absolute atomic E-state index is 0.0471. The van der Waals surface area contributed by atoms with E-state index in [4.69, 9.17) is 4.74 Å². The second-order valence-electron chi connectivity index (χ2n) is 6.61. The maximum Gasteiger partial charge on any atom is 0.282 e. The molecule has 2 amide bonds. The van der Waals surface area contributed by atoms with Crippen LogP contribution in [0.5, 0.6) is 5.75 Å². The van der Waals surface area contributed by atoms with Gasteiger partial charge in [0.25, 0.3) is 11.8 Å². The zero-order valence-corrected chi connectivity index (χ0v) is 15.9. The molecule has 30 heavy (non-hydrogen) atoms. The van der Waals surface area contributed by atoms with Gasteiger partial charge < -0.3 is 4.74 Å². The molecule has 1 saturated heterocycles. The molecule has 1 fully saturated rings. The van der Waals surface area contributed by atoms with Crippen molar-refractivity contribution in [3.8, 4) is 11.8 Å². The van der Waals surface area contributed by atoms with Crippen LogP contribution in [0.2, 0.25) is 0 Å². The monoisotopic (exact) mass is 395 g/mol. The van der Waals surface area contributed by atoms with Crippen LogP contribution in [-0.4, -0.2) is 11.8 Å². The van der Waals surface area contributed by atoms with Crippen molar-refractivity contribution in [1.29, 1.82) is 5.26 Å². The van der Waals surface area contributed by atoms with E-state index in [1.807, 2.05) is 18.2 Å². The molecule has 4 rings (SSSR count). The summed E-state index contributed by atoms with van der Waals surface area (Å²) in [6.45, 7) is 0.241. The Morgan fingerprint density at radius 3 is 2.53 bits per heavy atom. The van der Waals surface area contributed by atoms with Crippen molar-refractivity contribution in [2.75, 3.05) is 5.01 Å². The summed E-state index contributed by atoms with van der Waals surface area (Å²) in [5.74, 6) is -0.304. The number of benzene rings is 3. The Morgan fingerprint density at radius 2 is 1.73 bits per heavy atom. The first-order chi connectivity index (χ1) is 14.7. The summed E-state index contributed by atoms with van der Waals surface area (Å²) in [5.41, 5.74) is 5.22. The van der Waals surface area contributed by atoms with Crippen LogP contribution in [0.3, 0.4) is 0 Å². The van der Waals surface area contributed by atoms with Crippen molar-refractivity contribution < 1.29 is 14.3 Å². The topological polar surface area (TPSA) is 82.4 Å². The number of nitrogens with one attached hydrogen (secondary N) is 1. The molecule has 0 saturated carbocycles. The van der Waals surface area contributed by atoms with E-state index in [1.165, 1.54) is 11.1 Å². The maximum absolute atomic E-state index is 12.7. The Kier molecular flexibility index (Phi) is 5.27. The number of hydrogen-bond acceptors (Lipinski definition) is 4. The normalized spacial score (nSPS) is 14.5. The van der Waals surface area contributed by atoms with Gasteiger partial charge >= 0.3 is 0 Å². The molecule has 0 bridgehead atoms. The summed E-state index contributed by atoms with van der Waals surface area (Å²) in [6, 6.07) is 25.4. The minimum Gasteiger partial charge on any atom is -0.489 e. The van der Waals surface area contributed by atoms with Crippen molar-refractivity contribution in [1.82, 2.24) is 5.43 Å². The van der Waals surface area contributed by atoms with Gasteiger partial charge in [-0.3, -0.25) is 15.0 Å². The predicted molar refractivity (Wildman–Crippen MR) is 112 cm³/mol. The lowest BCUT2D eigenvalue weighted by Gasteiger charge is -2.13. The first-order valence-electron chi connectivity index (χ1n) is 9.29. The quantitative estimate of drug-likeness (QED) is 0.529. The summed E-state index contributed by atoms with van der Waals surface area (Å²) < 4.78 is 5.81. The molecule has 6 heteroatoms. The van der Waals surface area contributed by atoms with Crippen LogP contribution < -0.4 is 15.2 Å². The van der Waals surface area contributed by atoms with Crippen LogP contribution in [0.4, 0.5) is 5.69 Å². The van der Waals surface area contributed by atoms with E-state index in [0.29, 0.717) is 22.6 Å². The molecule has 3 aromatic rings. The lowest BCUT2D eigenvalue weighted by atomic mass is 10.1. The van der Waals surface area contributed by atoms with Crippen LogP contribution in [0.1, 0.15) is 16.7 Å². The van der Waals surface area contributed by atoms with Crippen molar-refractivity contribution in [3.63, 3.8) is 0 Å². The Balaban J connectivity index is 1.52. The molecule has 1 N–H and O–H groups in total. The number of anilines is 1. The third-order valence-corrected chi connectivity index (χ3v) is 4.61. The van der Waals surface area contributed by atoms with Gasteiger partial charge in [0.1, 0.15) is 17.9 Å². The number of ether oxygens (including phenoxy) is 1. The fourth-order valence-corrected chi connectivity index (χ4v) is 3.09. The fraction of sp³-hybridized carbons (Fsp3) is 0.0417. The molecule has 0 aromatic heterocycles. The van der Waals surface area contributed by atoms with E-state index in [9.17, 15) is 14.9 Å². The second-order valence-corrected chi connectivity index (χ2v) is 6.61. The van der Waals surface area contributed by atoms with Gasteiger partial charge in [0.15, 0.2) is 0 Å². The molecule has 6 nitrogen and oxygen atoms in total. The van der Waals surface area contributed by atoms with Gasteiger partial charge in [-0.2, -0.15) is 5.26 Å². The van der Waals surface area contributed by atoms with Crippen LogP contribution in [-0.2, 0) is 16.2 Å². The summed E-state index contributed by atoms with van der Waals surface area (Å²) >= 11 is 0. The van der Waals surface area contributed by atoms with E-state index >= 15 is 0 Å². The van der Waals surface area contributed by atoms with Crippen LogP contribution in [0.15, 0.2) is 84.4 Å². The van der Waals surface area contributed by atoms with Gasteiger partial charge in [-0.1, -0.05) is 48.5 Å². The first-order valence-corrected chi connectivity index (χ1v) is 9.29. The summed E-state index contributed by atoms with van der Waals surface area (Å²) in [7, 11) is 0. The Labute approximate surface area is 173 Å². The fourth-order valence-electron chi connectivity index (χ4n) is 3.09. The zero-order chi connectivity index (χ0) is 20.9. The van der Waals surface area contributed by atoms with Crippen LogP contribution >= 0.6 is 0 Å². The van der Waals surface area contributed by atoms with Crippen LogP contribution in [0.25, 0.3) is 6.08 Å². The lowest BCUT2D eigenvalue weighted by Crippen LogP contribution is -2.35. The first kappa shape index (κ1) is 19.0. The number of carbonyl (C=O) groups excluding carboxylic acids is 2. The van der Waals surface area contributed by atoms with Crippen molar-refractivity contribution in [2.24, 2.45) is 0 Å². The van der Waals surface area contributed by atoms with Crippen molar-refractivity contribution >= 4 is 23.6 Å². The average Bonchev–Trinajstić information content (AvgIpc) is 3.07. The van der Waals surface area contributed by atoms with Gasteiger partial charge in [0, 0.05) is 5.56 Å². The Bertz CT molecular complexity index is 1180. The molecule has 1 aliphatic rings. The van der Waals surface area contributed by atoms with E-state index in [2.05, 4.69) is 11.5 Å². The SMILES string of the molecule is N#Cc1ccccc1COc1cccc(/C=C2/C(=O)NN(c3ccccc3)C2=O)c1. The van der Waals surface area contributed by atoms with E-state index in [0.717, 1.165) is 5.56 Å². The number of hydrogen-bond donors (Lipinski definition) is 1. The highest BCUT2D eigenvalue weighted by Gasteiger charge is 2.34. The highest BCUT2D eigenvalue weighted by atomic mass is 16.5. The number of amides is 2. The number of nitriles is 1. The number of nitrogens with zero attached hydrogens (tertiary/aromatic N) is 2. The van der Waals surface area contributed by atoms with Gasteiger partial charge in [0.05, 0.1) is 17.3 Å². The van der Waals surface area contributed by atoms with E-state index < -0.39 is 11.8 Å². The molecular formula is C24H17N3O3. The van der Waals surface area contributed by atoms with Crippen molar-refractivity contribution in [3.05, 3.63) is 101 Å². The number of rotatable bonds is 5. The molecular weight excluding hydrogens is 378 g/mol. The van der Waals surface area contributed by atoms with Gasteiger partial charge in [-0.05, 0) is 42.0 Å². The highest BCUT2D eigenvalue weighted by Crippen LogP contribution is 2.23. The van der Waals surface area contributed by atoms with Gasteiger partial charge in [-0.25, -0.2) is 5.01 Å². The molecule has 1 heterocycles. The molecule has 0 atom stereocenters. The minimum atomic E-state index is -0.460. The summed E-state index contributed by atoms with van der Waals surface area (Å²) in [5, 5.41) is 10.4. The van der Waals surface area contributed by atoms with Gasteiger partial charge in [-0.15, -0.1) is 0 Å². The molecule has 1 aliphatic heterocycles. The van der Waals surface area contributed by atoms with Crippen LogP contribution in [0, 0.1) is 11.3 Å².